The molecule has 47 heavy (non-hydrogen) atoms. The summed E-state index contributed by atoms with van der Waals surface area (Å²) in [4.78, 5) is 0. The molecule has 8 rings (SSSR count). The van der Waals surface area contributed by atoms with Crippen LogP contribution >= 0.6 is 8.60 Å². The van der Waals surface area contributed by atoms with Crippen molar-refractivity contribution in [1.82, 2.24) is 0 Å². The Hall–Kier alpha value is -2.89. The van der Waals surface area contributed by atoms with E-state index in [0.717, 1.165) is 35.1 Å². The molecule has 2 aliphatic carbocycles. The number of hydrogen-bond acceptors (Lipinski definition) is 5. The number of benzene rings is 4. The van der Waals surface area contributed by atoms with Gasteiger partial charge in [0, 0.05) is 0 Å². The molecule has 244 valence electrons. The Bertz CT molecular complexity index is 1510. The van der Waals surface area contributed by atoms with E-state index in [1.54, 1.807) is 0 Å². The van der Waals surface area contributed by atoms with Gasteiger partial charge >= 0.3 is 8.60 Å². The third-order valence-corrected chi connectivity index (χ3v) is 13.4. The van der Waals surface area contributed by atoms with Gasteiger partial charge in [0.2, 0.25) is 0 Å². The van der Waals surface area contributed by atoms with Crippen LogP contribution in [-0.2, 0) is 34.2 Å². The van der Waals surface area contributed by atoms with Crippen molar-refractivity contribution in [3.63, 3.8) is 0 Å². The van der Waals surface area contributed by atoms with Crippen LogP contribution in [0.1, 0.15) is 76.1 Å². The normalized spacial score (nSPS) is 31.7. The van der Waals surface area contributed by atoms with Crippen LogP contribution in [0.3, 0.4) is 0 Å². The van der Waals surface area contributed by atoms with Gasteiger partial charge in [-0.05, 0) is 72.1 Å². The molecule has 0 N–H and O–H groups in total. The molecule has 2 saturated carbocycles. The number of ether oxygens (including phenoxy) is 2. The van der Waals surface area contributed by atoms with E-state index in [4.69, 9.17) is 23.0 Å². The molecule has 2 aliphatic heterocycles. The van der Waals surface area contributed by atoms with E-state index < -0.39 is 37.8 Å². The molecule has 2 saturated heterocycles. The van der Waals surface area contributed by atoms with Crippen molar-refractivity contribution >= 4 is 8.60 Å². The second kappa shape index (κ2) is 11.3. The third-order valence-electron chi connectivity index (χ3n) is 12.1. The second-order valence-electron chi connectivity index (χ2n) is 15.0. The summed E-state index contributed by atoms with van der Waals surface area (Å²) < 4.78 is 36.7. The van der Waals surface area contributed by atoms with Gasteiger partial charge in [-0.15, -0.1) is 0 Å². The van der Waals surface area contributed by atoms with Crippen molar-refractivity contribution in [2.45, 2.75) is 89.2 Å². The van der Waals surface area contributed by atoms with Crippen molar-refractivity contribution in [1.29, 1.82) is 0 Å². The van der Waals surface area contributed by atoms with Crippen LogP contribution in [0.2, 0.25) is 0 Å². The fraction of sp³-hybridized carbons (Fsp3) is 0.415. The lowest BCUT2D eigenvalue weighted by Gasteiger charge is -2.42. The largest absolute Gasteiger partial charge is 0.341 e. The zero-order valence-corrected chi connectivity index (χ0v) is 28.9. The van der Waals surface area contributed by atoms with Crippen LogP contribution in [0.15, 0.2) is 121 Å². The van der Waals surface area contributed by atoms with Gasteiger partial charge in [0.25, 0.3) is 0 Å². The van der Waals surface area contributed by atoms with Crippen LogP contribution < -0.4 is 0 Å². The summed E-state index contributed by atoms with van der Waals surface area (Å²) in [6.45, 7) is 11.2. The topological polar surface area (TPSA) is 46.2 Å². The average Bonchev–Trinajstić information content (AvgIpc) is 3.58. The van der Waals surface area contributed by atoms with Gasteiger partial charge in [-0.1, -0.05) is 142 Å². The van der Waals surface area contributed by atoms with Crippen LogP contribution in [-0.4, -0.2) is 24.1 Å². The second-order valence-corrected chi connectivity index (χ2v) is 16.0. The molecule has 2 bridgehead atoms. The van der Waals surface area contributed by atoms with Gasteiger partial charge < -0.3 is 14.0 Å². The summed E-state index contributed by atoms with van der Waals surface area (Å²) in [5, 5.41) is 0. The third kappa shape index (κ3) is 4.73. The monoisotopic (exact) mass is 648 g/mol. The maximum Gasteiger partial charge on any atom is 0.335 e. The van der Waals surface area contributed by atoms with Crippen LogP contribution in [0, 0.1) is 16.7 Å². The molecule has 2 heterocycles. The minimum atomic E-state index is -1.98. The van der Waals surface area contributed by atoms with Crippen LogP contribution in [0.25, 0.3) is 0 Å². The number of rotatable bonds is 6. The predicted octanol–water partition coefficient (Wildman–Crippen LogP) is 9.90. The number of fused-ring (bicyclic) bond motifs is 3. The summed E-state index contributed by atoms with van der Waals surface area (Å²) in [7, 11) is -1.98. The molecule has 0 aromatic heterocycles. The highest BCUT2D eigenvalue weighted by atomic mass is 31.2. The summed E-state index contributed by atoms with van der Waals surface area (Å²) in [5.74, 6) is -0.318. The highest BCUT2D eigenvalue weighted by Gasteiger charge is 2.69. The minimum absolute atomic E-state index is 0.00734. The Labute approximate surface area is 280 Å². The lowest BCUT2D eigenvalue weighted by molar-refractivity contribution is -0.177. The zero-order chi connectivity index (χ0) is 32.5. The molecule has 0 unspecified atom stereocenters. The molecular weight excluding hydrogens is 603 g/mol. The molecule has 4 fully saturated rings. The van der Waals surface area contributed by atoms with E-state index in [0.29, 0.717) is 5.92 Å². The molecule has 0 amide bonds. The molecule has 0 spiro atoms. The lowest BCUT2D eigenvalue weighted by Crippen LogP contribution is -2.53. The zero-order valence-electron chi connectivity index (χ0n) is 28.0. The maximum absolute atomic E-state index is 7.57. The van der Waals surface area contributed by atoms with Gasteiger partial charge in [-0.3, -0.25) is 9.05 Å². The van der Waals surface area contributed by atoms with Gasteiger partial charge in [-0.2, -0.15) is 0 Å². The molecule has 6 heteroatoms. The highest BCUT2D eigenvalue weighted by Crippen LogP contribution is 2.71. The fourth-order valence-corrected chi connectivity index (χ4v) is 10.8. The quantitative estimate of drug-likeness (QED) is 0.195. The standard InChI is InChI=1S/C41H45O5P/c1-37(2)33-26-27-39(37,5)34(28-33)44-47-45-40(29-18-10-6-11-19-29,30-20-12-7-13-21-30)35-36(43-38(3,4)42-35)41(46-47,31-22-14-8-15-23-31)32-24-16-9-17-25-32/h6-25,33-36H,26-28H2,1-5H3/t33-,34+,35-,36-,39+/m0/s1. The first-order valence-electron chi connectivity index (χ1n) is 17.0. The molecule has 0 radical (unpaired) electrons. The first-order valence-corrected chi connectivity index (χ1v) is 18.1. The smallest absolute Gasteiger partial charge is 0.335 e. The summed E-state index contributed by atoms with van der Waals surface area (Å²) in [6, 6.07) is 41.7. The molecule has 4 aromatic carbocycles. The van der Waals surface area contributed by atoms with Gasteiger partial charge in [0.15, 0.2) is 17.0 Å². The average molecular weight is 649 g/mol. The summed E-state index contributed by atoms with van der Waals surface area (Å²) in [6.07, 6.45) is 2.15. The maximum atomic E-state index is 7.57. The Morgan fingerprint density at radius 3 is 1.28 bits per heavy atom. The van der Waals surface area contributed by atoms with E-state index in [1.807, 2.05) is 38.1 Å². The Balaban J connectivity index is 1.40. The highest BCUT2D eigenvalue weighted by molar-refractivity contribution is 7.41. The molecular formula is C41H45O5P. The van der Waals surface area contributed by atoms with Crippen molar-refractivity contribution in [2.75, 3.05) is 0 Å². The summed E-state index contributed by atoms with van der Waals surface area (Å²) in [5.41, 5.74) is 1.85. The van der Waals surface area contributed by atoms with E-state index in [-0.39, 0.29) is 16.9 Å². The fourth-order valence-electron chi connectivity index (χ4n) is 9.09. The van der Waals surface area contributed by atoms with Crippen molar-refractivity contribution in [2.24, 2.45) is 16.7 Å². The molecule has 5 nitrogen and oxygen atoms in total. The van der Waals surface area contributed by atoms with Crippen molar-refractivity contribution in [3.8, 4) is 0 Å². The van der Waals surface area contributed by atoms with Crippen LogP contribution in [0.4, 0.5) is 0 Å². The lowest BCUT2D eigenvalue weighted by atomic mass is 9.70. The first-order chi connectivity index (χ1) is 22.6. The van der Waals surface area contributed by atoms with Crippen LogP contribution in [0.5, 0.6) is 0 Å². The van der Waals surface area contributed by atoms with E-state index >= 15 is 0 Å². The summed E-state index contributed by atoms with van der Waals surface area (Å²) >= 11 is 0. The Morgan fingerprint density at radius 1 is 0.574 bits per heavy atom. The molecule has 4 aliphatic rings. The van der Waals surface area contributed by atoms with E-state index in [9.17, 15) is 0 Å². The Morgan fingerprint density at radius 2 is 0.957 bits per heavy atom. The van der Waals surface area contributed by atoms with Crippen molar-refractivity contribution < 1.29 is 23.0 Å². The SMILES string of the molecule is CC1(C)O[C@H]2[C@H](O1)C(c1ccccc1)(c1ccccc1)OP(O[C@@H]1C[C@@H]3CC[C@@]1(C)C3(C)C)OC2(c1ccccc1)c1ccccc1. The molecule has 4 aromatic rings. The minimum Gasteiger partial charge on any atom is -0.341 e. The molecule has 5 atom stereocenters. The number of hydrogen-bond donors (Lipinski definition) is 0. The van der Waals surface area contributed by atoms with Gasteiger partial charge in [0.1, 0.15) is 12.2 Å². The van der Waals surface area contributed by atoms with E-state index in [2.05, 4.69) is 118 Å². The van der Waals surface area contributed by atoms with E-state index in [1.165, 1.54) is 6.42 Å². The predicted molar refractivity (Wildman–Crippen MR) is 184 cm³/mol. The Kier molecular flexibility index (Phi) is 7.57. The first kappa shape index (κ1) is 31.4. The van der Waals surface area contributed by atoms with Gasteiger partial charge in [-0.25, -0.2) is 0 Å². The van der Waals surface area contributed by atoms with Gasteiger partial charge in [0.05, 0.1) is 6.10 Å². The van der Waals surface area contributed by atoms with Crippen molar-refractivity contribution in [3.05, 3.63) is 144 Å².